The van der Waals surface area contributed by atoms with Crippen LogP contribution in [0.1, 0.15) is 57.8 Å². The summed E-state index contributed by atoms with van der Waals surface area (Å²) < 4.78 is 0. The second-order valence-corrected chi connectivity index (χ2v) is 4.63. The Morgan fingerprint density at radius 2 is 1.33 bits per heavy atom. The van der Waals surface area contributed by atoms with Crippen LogP contribution in [-0.4, -0.2) is 5.78 Å². The molecule has 0 heterocycles. The van der Waals surface area contributed by atoms with Crippen LogP contribution >= 0.6 is 0 Å². The van der Waals surface area contributed by atoms with Crippen LogP contribution in [0.4, 0.5) is 0 Å². The molecule has 0 aromatic rings. The molecule has 0 aliphatic heterocycles. The number of hydrogen-bond acceptors (Lipinski definition) is 1. The van der Waals surface area contributed by atoms with E-state index in [1.165, 1.54) is 32.1 Å². The average molecular weight is 204 g/mol. The summed E-state index contributed by atoms with van der Waals surface area (Å²) in [7, 11) is 0. The van der Waals surface area contributed by atoms with E-state index in [4.69, 9.17) is 0 Å². The van der Waals surface area contributed by atoms with Gasteiger partial charge in [0.25, 0.3) is 0 Å². The third-order valence-corrected chi connectivity index (χ3v) is 3.42. The molecule has 0 unspecified atom stereocenters. The zero-order valence-electron chi connectivity index (χ0n) is 9.43. The quantitative estimate of drug-likeness (QED) is 0.665. The first kappa shape index (κ1) is 10.7. The van der Waals surface area contributed by atoms with E-state index >= 15 is 0 Å². The number of ketones is 1. The van der Waals surface area contributed by atoms with Gasteiger partial charge in [-0.15, -0.1) is 0 Å². The molecular weight excluding hydrogens is 184 g/mol. The number of hydrogen-bond donors (Lipinski definition) is 0. The van der Waals surface area contributed by atoms with Crippen LogP contribution in [0, 0.1) is 0 Å². The largest absolute Gasteiger partial charge is 0.289 e. The van der Waals surface area contributed by atoms with Gasteiger partial charge < -0.3 is 0 Å². The van der Waals surface area contributed by atoms with E-state index in [0.717, 1.165) is 36.8 Å². The van der Waals surface area contributed by atoms with Gasteiger partial charge in [0.05, 0.1) is 0 Å². The Balaban J connectivity index is 2.05. The Kier molecular flexibility index (Phi) is 3.76. The molecule has 2 rings (SSSR count). The second-order valence-electron chi connectivity index (χ2n) is 4.63. The molecule has 2 aliphatic rings. The van der Waals surface area contributed by atoms with Crippen LogP contribution in [0.15, 0.2) is 23.3 Å². The molecular formula is C14H20O. The van der Waals surface area contributed by atoms with E-state index in [-0.39, 0.29) is 0 Å². The lowest BCUT2D eigenvalue weighted by Crippen LogP contribution is -2.08. The highest BCUT2D eigenvalue weighted by Gasteiger charge is 2.17. The predicted molar refractivity (Wildman–Crippen MR) is 62.7 cm³/mol. The molecule has 82 valence electrons. The molecule has 0 amide bonds. The van der Waals surface area contributed by atoms with Gasteiger partial charge in [-0.05, 0) is 62.5 Å². The molecule has 0 atom stereocenters. The lowest BCUT2D eigenvalue weighted by atomic mass is 9.91. The van der Waals surface area contributed by atoms with Crippen LogP contribution in [0.2, 0.25) is 0 Å². The minimum atomic E-state index is 0.358. The van der Waals surface area contributed by atoms with Gasteiger partial charge in [0, 0.05) is 0 Å². The van der Waals surface area contributed by atoms with Crippen LogP contribution < -0.4 is 0 Å². The Hall–Kier alpha value is -0.850. The summed E-state index contributed by atoms with van der Waals surface area (Å²) in [6.07, 6.45) is 14.8. The minimum Gasteiger partial charge on any atom is -0.289 e. The lowest BCUT2D eigenvalue weighted by molar-refractivity contribution is -0.112. The van der Waals surface area contributed by atoms with E-state index in [9.17, 15) is 4.79 Å². The molecule has 0 aromatic heterocycles. The fourth-order valence-electron chi connectivity index (χ4n) is 2.47. The van der Waals surface area contributed by atoms with Crippen LogP contribution in [-0.2, 0) is 4.79 Å². The van der Waals surface area contributed by atoms with Crippen molar-refractivity contribution < 1.29 is 4.79 Å². The molecule has 2 aliphatic carbocycles. The highest BCUT2D eigenvalue weighted by molar-refractivity contribution is 6.08. The molecule has 15 heavy (non-hydrogen) atoms. The fraction of sp³-hybridized carbons (Fsp3) is 0.643. The first-order valence-electron chi connectivity index (χ1n) is 6.31. The van der Waals surface area contributed by atoms with Crippen molar-refractivity contribution in [3.8, 4) is 0 Å². The van der Waals surface area contributed by atoms with Gasteiger partial charge in [-0.2, -0.15) is 0 Å². The van der Waals surface area contributed by atoms with Crippen LogP contribution in [0.5, 0.6) is 0 Å². The summed E-state index contributed by atoms with van der Waals surface area (Å²) in [6, 6.07) is 0. The summed E-state index contributed by atoms with van der Waals surface area (Å²) in [6.45, 7) is 0. The van der Waals surface area contributed by atoms with Crippen molar-refractivity contribution in [3.63, 3.8) is 0 Å². The Morgan fingerprint density at radius 1 is 0.800 bits per heavy atom. The van der Waals surface area contributed by atoms with E-state index < -0.39 is 0 Å². The van der Waals surface area contributed by atoms with Gasteiger partial charge in [0.15, 0.2) is 5.78 Å². The molecule has 0 bridgehead atoms. The van der Waals surface area contributed by atoms with Crippen molar-refractivity contribution in [2.24, 2.45) is 0 Å². The van der Waals surface area contributed by atoms with Crippen molar-refractivity contribution >= 4 is 5.78 Å². The molecule has 1 heteroatoms. The predicted octanol–water partition coefficient (Wildman–Crippen LogP) is 3.95. The molecule has 0 aromatic carbocycles. The fourth-order valence-corrected chi connectivity index (χ4v) is 2.47. The Labute approximate surface area is 92.3 Å². The minimum absolute atomic E-state index is 0.358. The summed E-state index contributed by atoms with van der Waals surface area (Å²) in [5, 5.41) is 0. The normalized spacial score (nSPS) is 22.7. The molecule has 0 spiro atoms. The van der Waals surface area contributed by atoms with Gasteiger partial charge in [0.1, 0.15) is 0 Å². The molecule has 0 radical (unpaired) electrons. The number of carbonyl (C=O) groups is 1. The molecule has 1 nitrogen and oxygen atoms in total. The lowest BCUT2D eigenvalue weighted by Gasteiger charge is -2.12. The maximum atomic E-state index is 12.2. The third-order valence-electron chi connectivity index (χ3n) is 3.42. The SMILES string of the molecule is O=C(C1=CCCCC1)C1=CCCCCC1. The number of Topliss-reactive ketones (excluding diaryl/α,β-unsaturated/α-hetero) is 1. The number of carbonyl (C=O) groups excluding carboxylic acids is 1. The standard InChI is InChI=1S/C14H20O/c15-14(13-10-6-3-7-11-13)12-8-4-1-2-5-9-12/h8,10H,1-7,9,11H2. The summed E-state index contributed by atoms with van der Waals surface area (Å²) in [5.74, 6) is 0.358. The Bertz CT molecular complexity index is 296. The van der Waals surface area contributed by atoms with Gasteiger partial charge in [0.2, 0.25) is 0 Å². The average Bonchev–Trinajstić information content (AvgIpc) is 2.58. The topological polar surface area (TPSA) is 17.1 Å². The van der Waals surface area contributed by atoms with E-state index in [2.05, 4.69) is 12.2 Å². The maximum Gasteiger partial charge on any atom is 0.184 e. The number of rotatable bonds is 2. The van der Waals surface area contributed by atoms with Gasteiger partial charge in [-0.25, -0.2) is 0 Å². The Morgan fingerprint density at radius 3 is 2.00 bits per heavy atom. The summed E-state index contributed by atoms with van der Waals surface area (Å²) in [4.78, 5) is 12.2. The van der Waals surface area contributed by atoms with Crippen LogP contribution in [0.25, 0.3) is 0 Å². The van der Waals surface area contributed by atoms with Crippen LogP contribution in [0.3, 0.4) is 0 Å². The highest BCUT2D eigenvalue weighted by atomic mass is 16.1. The van der Waals surface area contributed by atoms with Gasteiger partial charge in [-0.1, -0.05) is 18.6 Å². The van der Waals surface area contributed by atoms with Crippen molar-refractivity contribution in [3.05, 3.63) is 23.3 Å². The zero-order chi connectivity index (χ0) is 10.5. The molecule has 0 fully saturated rings. The summed E-state index contributed by atoms with van der Waals surface area (Å²) in [5.41, 5.74) is 2.19. The van der Waals surface area contributed by atoms with E-state index in [1.54, 1.807) is 0 Å². The van der Waals surface area contributed by atoms with E-state index in [1.807, 2.05) is 0 Å². The first-order chi connectivity index (χ1) is 7.38. The zero-order valence-corrected chi connectivity index (χ0v) is 9.43. The van der Waals surface area contributed by atoms with Crippen molar-refractivity contribution in [2.75, 3.05) is 0 Å². The monoisotopic (exact) mass is 204 g/mol. The second kappa shape index (κ2) is 5.29. The molecule has 0 saturated carbocycles. The first-order valence-corrected chi connectivity index (χ1v) is 6.31. The van der Waals surface area contributed by atoms with Crippen molar-refractivity contribution in [1.29, 1.82) is 0 Å². The van der Waals surface area contributed by atoms with E-state index in [0.29, 0.717) is 5.78 Å². The number of allylic oxidation sites excluding steroid dienone is 4. The smallest absolute Gasteiger partial charge is 0.184 e. The summed E-state index contributed by atoms with van der Waals surface area (Å²) >= 11 is 0. The highest BCUT2D eigenvalue weighted by Crippen LogP contribution is 2.25. The third kappa shape index (κ3) is 2.80. The molecule has 0 saturated heterocycles. The van der Waals surface area contributed by atoms with Crippen molar-refractivity contribution in [1.82, 2.24) is 0 Å². The molecule has 0 N–H and O–H groups in total. The van der Waals surface area contributed by atoms with Gasteiger partial charge in [-0.3, -0.25) is 4.79 Å². The maximum absolute atomic E-state index is 12.2. The van der Waals surface area contributed by atoms with Crippen molar-refractivity contribution in [2.45, 2.75) is 57.8 Å². The van der Waals surface area contributed by atoms with Gasteiger partial charge >= 0.3 is 0 Å².